The van der Waals surface area contributed by atoms with Crippen LogP contribution >= 0.6 is 0 Å². The summed E-state index contributed by atoms with van der Waals surface area (Å²) in [5.41, 5.74) is 16.9. The van der Waals surface area contributed by atoms with Gasteiger partial charge in [-0.2, -0.15) is 0 Å². The largest absolute Gasteiger partial charge is 0.445 e. The minimum Gasteiger partial charge on any atom is -0.445 e. The van der Waals surface area contributed by atoms with Crippen LogP contribution in [0.3, 0.4) is 0 Å². The van der Waals surface area contributed by atoms with Crippen molar-refractivity contribution in [3.63, 3.8) is 0 Å². The molecule has 7 heteroatoms. The molecular weight excluding hydrogens is 404 g/mol. The molecule has 1 radical (unpaired) electrons. The molecule has 2 heterocycles. The van der Waals surface area contributed by atoms with E-state index >= 15 is 0 Å². The molecule has 4 rings (SSSR count). The summed E-state index contributed by atoms with van der Waals surface area (Å²) in [5.74, 6) is 1.39. The highest BCUT2D eigenvalue weighted by Crippen LogP contribution is 2.47. The number of nitrogens with one attached hydrogen (secondary N) is 1. The number of ether oxygens (including phenoxy) is 3. The number of hydrogen-bond donors (Lipinski definition) is 1. The highest BCUT2D eigenvalue weighted by atomic mass is 16.5. The summed E-state index contributed by atoms with van der Waals surface area (Å²) in [4.78, 5) is 6.09. The second-order valence-electron chi connectivity index (χ2n) is 9.02. The van der Waals surface area contributed by atoms with Crippen molar-refractivity contribution in [1.82, 2.24) is 15.4 Å². The molecule has 0 saturated heterocycles. The van der Waals surface area contributed by atoms with Crippen molar-refractivity contribution in [3.05, 3.63) is 51.9 Å². The summed E-state index contributed by atoms with van der Waals surface area (Å²) >= 11 is 0. The third kappa shape index (κ3) is 5.39. The highest BCUT2D eigenvalue weighted by molar-refractivity contribution is 5.67. The summed E-state index contributed by atoms with van der Waals surface area (Å²) in [6.07, 6.45) is 11.6. The lowest BCUT2D eigenvalue weighted by molar-refractivity contribution is 0.115. The van der Waals surface area contributed by atoms with E-state index in [4.69, 9.17) is 14.2 Å². The average Bonchev–Trinajstić information content (AvgIpc) is 3.72. The Kier molecular flexibility index (Phi) is 7.60. The number of aryl methyl sites for hydroxylation is 1. The number of H-pyrrole nitrogens is 1. The maximum absolute atomic E-state index is 9.42. The quantitative estimate of drug-likeness (QED) is 0.469. The maximum atomic E-state index is 9.42. The van der Waals surface area contributed by atoms with Gasteiger partial charge in [0.2, 0.25) is 5.88 Å². The lowest BCUT2D eigenvalue weighted by Gasteiger charge is -2.22. The molecule has 1 aliphatic heterocycles. The van der Waals surface area contributed by atoms with Gasteiger partial charge >= 0.3 is 0 Å². The molecule has 1 aromatic rings. The van der Waals surface area contributed by atoms with Gasteiger partial charge in [0.15, 0.2) is 0 Å². The van der Waals surface area contributed by atoms with E-state index < -0.39 is 0 Å². The van der Waals surface area contributed by atoms with Crippen LogP contribution in [-0.4, -0.2) is 57.0 Å². The monoisotopic (exact) mass is 439 g/mol. The second-order valence-corrected chi connectivity index (χ2v) is 9.02. The van der Waals surface area contributed by atoms with Crippen LogP contribution in [0.2, 0.25) is 0 Å². The van der Waals surface area contributed by atoms with Gasteiger partial charge in [0.1, 0.15) is 0 Å². The fourth-order valence-corrected chi connectivity index (χ4v) is 4.62. The van der Waals surface area contributed by atoms with Gasteiger partial charge in [0, 0.05) is 50.8 Å². The Balaban J connectivity index is 1.58. The van der Waals surface area contributed by atoms with Crippen LogP contribution in [0, 0.1) is 12.8 Å². The number of aromatic nitrogens is 1. The number of allylic oxidation sites excluding steroid dienone is 3. The third-order valence-corrected chi connectivity index (χ3v) is 6.62. The van der Waals surface area contributed by atoms with Gasteiger partial charge in [-0.1, -0.05) is 5.11 Å². The fraction of sp³-hybridized carbons (Fsp3) is 0.600. The Hall–Kier alpha value is -2.22. The number of aromatic amines is 1. The summed E-state index contributed by atoms with van der Waals surface area (Å²) in [6, 6.07) is 0. The molecule has 0 spiro atoms. The van der Waals surface area contributed by atoms with Crippen molar-refractivity contribution < 1.29 is 14.2 Å². The molecule has 0 aromatic carbocycles. The third-order valence-electron chi connectivity index (χ3n) is 6.62. The van der Waals surface area contributed by atoms with E-state index in [1.807, 2.05) is 6.08 Å². The zero-order chi connectivity index (χ0) is 22.5. The average molecular weight is 440 g/mol. The van der Waals surface area contributed by atoms with E-state index in [9.17, 15) is 5.53 Å². The van der Waals surface area contributed by atoms with Gasteiger partial charge in [-0.05, 0) is 85.2 Å². The Labute approximate surface area is 191 Å². The van der Waals surface area contributed by atoms with Gasteiger partial charge in [0.05, 0.1) is 19.5 Å². The van der Waals surface area contributed by atoms with Crippen molar-refractivity contribution in [2.24, 2.45) is 11.0 Å². The van der Waals surface area contributed by atoms with Crippen molar-refractivity contribution >= 4 is 6.08 Å². The SMILES string of the molecule is COCCN(CCOC)CCc1c(C)[nH]c(C=C2C=COC(N=[N])=C2C2CC2)c1C1CC1. The lowest BCUT2D eigenvalue weighted by atomic mass is 9.96. The number of methoxy groups -OCH3 is 2. The second kappa shape index (κ2) is 10.6. The minimum absolute atomic E-state index is 0.338. The molecule has 7 nitrogen and oxygen atoms in total. The van der Waals surface area contributed by atoms with E-state index in [0.717, 1.165) is 63.3 Å². The van der Waals surface area contributed by atoms with E-state index in [1.54, 1.807) is 20.5 Å². The first-order valence-corrected chi connectivity index (χ1v) is 11.7. The van der Waals surface area contributed by atoms with Gasteiger partial charge in [-0.25, -0.2) is 0 Å². The smallest absolute Gasteiger partial charge is 0.244 e. The van der Waals surface area contributed by atoms with E-state index in [2.05, 4.69) is 28.0 Å². The van der Waals surface area contributed by atoms with Crippen molar-refractivity contribution in [2.75, 3.05) is 47.1 Å². The lowest BCUT2D eigenvalue weighted by Crippen LogP contribution is -2.32. The predicted molar refractivity (Wildman–Crippen MR) is 124 cm³/mol. The molecule has 0 bridgehead atoms. The Morgan fingerprint density at radius 1 is 1.12 bits per heavy atom. The fourth-order valence-electron chi connectivity index (χ4n) is 4.62. The predicted octanol–water partition coefficient (Wildman–Crippen LogP) is 4.14. The molecule has 0 amide bonds. The molecular formula is C25H35N4O3. The molecule has 2 aliphatic carbocycles. The number of rotatable bonds is 13. The van der Waals surface area contributed by atoms with Gasteiger partial charge in [0.25, 0.3) is 0 Å². The van der Waals surface area contributed by atoms with Crippen LogP contribution in [0.5, 0.6) is 0 Å². The first-order chi connectivity index (χ1) is 15.7. The summed E-state index contributed by atoms with van der Waals surface area (Å²) in [7, 11) is 3.50. The molecule has 32 heavy (non-hydrogen) atoms. The van der Waals surface area contributed by atoms with Crippen molar-refractivity contribution in [3.8, 4) is 0 Å². The molecule has 1 aromatic heterocycles. The van der Waals surface area contributed by atoms with Crippen molar-refractivity contribution in [1.29, 1.82) is 0 Å². The summed E-state index contributed by atoms with van der Waals surface area (Å²) < 4.78 is 16.1. The van der Waals surface area contributed by atoms with Crippen LogP contribution in [0.15, 0.2) is 34.5 Å². The summed E-state index contributed by atoms with van der Waals surface area (Å²) in [5, 5.41) is 3.40. The first-order valence-electron chi connectivity index (χ1n) is 11.7. The van der Waals surface area contributed by atoms with Crippen LogP contribution in [0.1, 0.15) is 54.1 Å². The van der Waals surface area contributed by atoms with Crippen LogP contribution in [0.4, 0.5) is 0 Å². The minimum atomic E-state index is 0.338. The normalized spacial score (nSPS) is 19.8. The van der Waals surface area contributed by atoms with Crippen LogP contribution < -0.4 is 5.53 Å². The standard InChI is InChI=1S/C25H35N4O3/c1-17-21(8-10-29(11-14-30-2)12-15-31-3)24(19-6-7-19)22(27-17)16-20-9-13-32-25(28-26)23(20)18-4-5-18/h9,13,16,18-19,27H,4-8,10-12,14-15H2,1-3H3. The van der Waals surface area contributed by atoms with Gasteiger partial charge in [-0.3, -0.25) is 4.90 Å². The topological polar surface area (TPSA) is 81.4 Å². The zero-order valence-electron chi connectivity index (χ0n) is 19.5. The Morgan fingerprint density at radius 2 is 1.81 bits per heavy atom. The summed E-state index contributed by atoms with van der Waals surface area (Å²) in [6.45, 7) is 6.44. The molecule has 3 aliphatic rings. The number of hydrogen-bond acceptors (Lipinski definition) is 5. The van der Waals surface area contributed by atoms with E-state index in [0.29, 0.717) is 17.7 Å². The molecule has 1 N–H and O–H groups in total. The van der Waals surface area contributed by atoms with Crippen LogP contribution in [-0.2, 0) is 20.6 Å². The molecule has 0 unspecified atom stereocenters. The maximum Gasteiger partial charge on any atom is 0.244 e. The zero-order valence-corrected chi connectivity index (χ0v) is 19.5. The molecule has 2 saturated carbocycles. The first kappa shape index (κ1) is 23.0. The van der Waals surface area contributed by atoms with Crippen LogP contribution in [0.25, 0.3) is 6.08 Å². The molecule has 173 valence electrons. The van der Waals surface area contributed by atoms with Gasteiger partial charge in [-0.15, -0.1) is 0 Å². The Morgan fingerprint density at radius 3 is 2.41 bits per heavy atom. The Bertz CT molecular complexity index is 899. The van der Waals surface area contributed by atoms with Crippen molar-refractivity contribution in [2.45, 2.75) is 44.9 Å². The van der Waals surface area contributed by atoms with Gasteiger partial charge < -0.3 is 19.2 Å². The molecule has 2 fully saturated rings. The number of nitrogens with zero attached hydrogens (tertiary/aromatic N) is 3. The molecule has 0 atom stereocenters. The van der Waals surface area contributed by atoms with E-state index in [-0.39, 0.29) is 0 Å². The highest BCUT2D eigenvalue weighted by Gasteiger charge is 2.34. The van der Waals surface area contributed by atoms with E-state index in [1.165, 1.54) is 35.4 Å².